The van der Waals surface area contributed by atoms with Gasteiger partial charge in [0.1, 0.15) is 0 Å². The Kier molecular flexibility index (Phi) is 4.34. The van der Waals surface area contributed by atoms with E-state index >= 15 is 0 Å². The number of aliphatic carboxylic acids is 1. The Balaban J connectivity index is 2.43. The minimum absolute atomic E-state index is 0.0102. The summed E-state index contributed by atoms with van der Waals surface area (Å²) in [4.78, 5) is 23.8. The van der Waals surface area contributed by atoms with Crippen LogP contribution in [-0.2, 0) is 9.53 Å². The summed E-state index contributed by atoms with van der Waals surface area (Å²) in [5.74, 6) is -0.916. The molecule has 0 saturated carbocycles. The van der Waals surface area contributed by atoms with Crippen LogP contribution >= 0.6 is 0 Å². The average molecular weight is 244 g/mol. The van der Waals surface area contributed by atoms with Crippen LogP contribution in [0, 0.1) is 0 Å². The monoisotopic (exact) mass is 244 g/mol. The minimum atomic E-state index is -0.916. The molecule has 1 atom stereocenters. The van der Waals surface area contributed by atoms with Crippen molar-refractivity contribution in [3.05, 3.63) is 0 Å². The molecule has 98 valence electrons. The molecule has 2 amide bonds. The Morgan fingerprint density at radius 3 is 2.71 bits per heavy atom. The number of morpholine rings is 1. The standard InChI is InChI=1S/C11H20N2O4/c1-8-6-13(7-11(2,3)17-8)10(16)12-5-4-9(14)15/h8H,4-7H2,1-3H3,(H,12,16)(H,14,15). The molecular formula is C11H20N2O4. The maximum absolute atomic E-state index is 11.8. The Morgan fingerprint density at radius 2 is 2.18 bits per heavy atom. The summed E-state index contributed by atoms with van der Waals surface area (Å²) in [6, 6.07) is -0.227. The van der Waals surface area contributed by atoms with E-state index in [0.29, 0.717) is 13.1 Å². The van der Waals surface area contributed by atoms with Crippen LogP contribution in [0.5, 0.6) is 0 Å². The predicted octanol–water partition coefficient (Wildman–Crippen LogP) is 0.670. The number of carboxylic acids is 1. The molecule has 1 fully saturated rings. The largest absolute Gasteiger partial charge is 0.481 e. The molecule has 17 heavy (non-hydrogen) atoms. The van der Waals surface area contributed by atoms with Crippen LogP contribution in [-0.4, -0.2) is 53.3 Å². The predicted molar refractivity (Wildman–Crippen MR) is 61.9 cm³/mol. The van der Waals surface area contributed by atoms with Crippen LogP contribution in [0.3, 0.4) is 0 Å². The number of carbonyl (C=O) groups excluding carboxylic acids is 1. The summed E-state index contributed by atoms with van der Waals surface area (Å²) >= 11 is 0. The van der Waals surface area contributed by atoms with E-state index in [4.69, 9.17) is 9.84 Å². The van der Waals surface area contributed by atoms with Crippen molar-refractivity contribution in [1.82, 2.24) is 10.2 Å². The number of hydrogen-bond acceptors (Lipinski definition) is 3. The van der Waals surface area contributed by atoms with Gasteiger partial charge in [-0.2, -0.15) is 0 Å². The molecular weight excluding hydrogens is 224 g/mol. The van der Waals surface area contributed by atoms with Gasteiger partial charge in [-0.15, -0.1) is 0 Å². The zero-order valence-corrected chi connectivity index (χ0v) is 10.5. The maximum atomic E-state index is 11.8. The normalized spacial score (nSPS) is 23.2. The highest BCUT2D eigenvalue weighted by Crippen LogP contribution is 2.20. The van der Waals surface area contributed by atoms with Crippen molar-refractivity contribution in [2.45, 2.75) is 38.9 Å². The number of nitrogens with one attached hydrogen (secondary N) is 1. The maximum Gasteiger partial charge on any atom is 0.317 e. The Bertz CT molecular complexity index is 304. The van der Waals surface area contributed by atoms with E-state index in [2.05, 4.69) is 5.32 Å². The van der Waals surface area contributed by atoms with Crippen molar-refractivity contribution in [1.29, 1.82) is 0 Å². The fourth-order valence-corrected chi connectivity index (χ4v) is 2.00. The van der Waals surface area contributed by atoms with Crippen molar-refractivity contribution in [3.8, 4) is 0 Å². The number of amides is 2. The first kappa shape index (κ1) is 13.8. The van der Waals surface area contributed by atoms with Gasteiger partial charge in [0.15, 0.2) is 0 Å². The fraction of sp³-hybridized carbons (Fsp3) is 0.818. The number of urea groups is 1. The highest BCUT2D eigenvalue weighted by Gasteiger charge is 2.33. The van der Waals surface area contributed by atoms with Gasteiger partial charge in [-0.1, -0.05) is 0 Å². The third-order valence-corrected chi connectivity index (χ3v) is 2.47. The molecule has 0 bridgehead atoms. The van der Waals surface area contributed by atoms with E-state index in [-0.39, 0.29) is 30.7 Å². The van der Waals surface area contributed by atoms with Crippen LogP contribution < -0.4 is 5.32 Å². The molecule has 0 aromatic rings. The molecule has 6 nitrogen and oxygen atoms in total. The molecule has 0 aromatic carbocycles. The van der Waals surface area contributed by atoms with Gasteiger partial charge in [-0.05, 0) is 20.8 Å². The second-order valence-electron chi connectivity index (χ2n) is 4.94. The van der Waals surface area contributed by atoms with Crippen molar-refractivity contribution in [2.24, 2.45) is 0 Å². The van der Waals surface area contributed by atoms with Gasteiger partial charge in [0.2, 0.25) is 0 Å². The van der Waals surface area contributed by atoms with Crippen molar-refractivity contribution >= 4 is 12.0 Å². The Hall–Kier alpha value is -1.30. The highest BCUT2D eigenvalue weighted by atomic mass is 16.5. The van der Waals surface area contributed by atoms with E-state index in [1.54, 1.807) is 4.90 Å². The first-order valence-electron chi connectivity index (χ1n) is 5.72. The average Bonchev–Trinajstić information content (AvgIpc) is 2.13. The third-order valence-electron chi connectivity index (χ3n) is 2.47. The molecule has 2 N–H and O–H groups in total. The summed E-state index contributed by atoms with van der Waals surface area (Å²) in [6.07, 6.45) is -0.0707. The third kappa shape index (κ3) is 4.60. The zero-order chi connectivity index (χ0) is 13.1. The Morgan fingerprint density at radius 1 is 1.53 bits per heavy atom. The summed E-state index contributed by atoms with van der Waals surface area (Å²) in [5.41, 5.74) is -0.359. The molecule has 0 radical (unpaired) electrons. The number of ether oxygens (including phenoxy) is 1. The molecule has 1 rings (SSSR count). The number of hydrogen-bond donors (Lipinski definition) is 2. The van der Waals surface area contributed by atoms with Crippen LogP contribution in [0.1, 0.15) is 27.2 Å². The number of carboxylic acid groups (broad SMARTS) is 1. The molecule has 1 saturated heterocycles. The molecule has 1 aliphatic rings. The van der Waals surface area contributed by atoms with Crippen molar-refractivity contribution in [2.75, 3.05) is 19.6 Å². The van der Waals surface area contributed by atoms with Gasteiger partial charge in [-0.25, -0.2) is 4.79 Å². The van der Waals surface area contributed by atoms with Crippen LogP contribution in [0.2, 0.25) is 0 Å². The highest BCUT2D eigenvalue weighted by molar-refractivity contribution is 5.75. The lowest BCUT2D eigenvalue weighted by molar-refractivity contribution is -0.136. The second kappa shape index (κ2) is 5.35. The van der Waals surface area contributed by atoms with Gasteiger partial charge >= 0.3 is 12.0 Å². The molecule has 0 spiro atoms. The van der Waals surface area contributed by atoms with Gasteiger partial charge < -0.3 is 20.1 Å². The molecule has 0 aliphatic carbocycles. The number of rotatable bonds is 3. The summed E-state index contributed by atoms with van der Waals surface area (Å²) in [7, 11) is 0. The summed E-state index contributed by atoms with van der Waals surface area (Å²) < 4.78 is 5.68. The van der Waals surface area contributed by atoms with Crippen LogP contribution in [0.25, 0.3) is 0 Å². The lowest BCUT2D eigenvalue weighted by Gasteiger charge is -2.41. The zero-order valence-electron chi connectivity index (χ0n) is 10.5. The number of carbonyl (C=O) groups is 2. The van der Waals surface area contributed by atoms with Crippen molar-refractivity contribution < 1.29 is 19.4 Å². The number of nitrogens with zero attached hydrogens (tertiary/aromatic N) is 1. The van der Waals surface area contributed by atoms with Crippen LogP contribution in [0.4, 0.5) is 4.79 Å². The van der Waals surface area contributed by atoms with E-state index in [1.165, 1.54) is 0 Å². The first-order chi connectivity index (χ1) is 7.80. The second-order valence-corrected chi connectivity index (χ2v) is 4.94. The van der Waals surface area contributed by atoms with Gasteiger partial charge in [0.25, 0.3) is 0 Å². The van der Waals surface area contributed by atoms with E-state index in [9.17, 15) is 9.59 Å². The molecule has 6 heteroatoms. The van der Waals surface area contributed by atoms with E-state index in [0.717, 1.165) is 0 Å². The Labute approximate surface area is 101 Å². The smallest absolute Gasteiger partial charge is 0.317 e. The SMILES string of the molecule is CC1CN(C(=O)NCCC(=O)O)CC(C)(C)O1. The van der Waals surface area contributed by atoms with Gasteiger partial charge in [0.05, 0.1) is 24.7 Å². The van der Waals surface area contributed by atoms with Gasteiger partial charge in [0, 0.05) is 13.1 Å². The van der Waals surface area contributed by atoms with E-state index < -0.39 is 5.97 Å². The summed E-state index contributed by atoms with van der Waals surface area (Å²) in [5, 5.41) is 11.1. The lowest BCUT2D eigenvalue weighted by Crippen LogP contribution is -2.56. The topological polar surface area (TPSA) is 78.9 Å². The van der Waals surface area contributed by atoms with Crippen molar-refractivity contribution in [3.63, 3.8) is 0 Å². The molecule has 1 unspecified atom stereocenters. The lowest BCUT2D eigenvalue weighted by atomic mass is 10.1. The summed E-state index contributed by atoms with van der Waals surface area (Å²) in [6.45, 7) is 6.97. The minimum Gasteiger partial charge on any atom is -0.481 e. The molecule has 1 aliphatic heterocycles. The molecule has 1 heterocycles. The first-order valence-corrected chi connectivity index (χ1v) is 5.72. The van der Waals surface area contributed by atoms with Crippen LogP contribution in [0.15, 0.2) is 0 Å². The molecule has 0 aromatic heterocycles. The quantitative estimate of drug-likeness (QED) is 0.764. The van der Waals surface area contributed by atoms with Gasteiger partial charge in [-0.3, -0.25) is 4.79 Å². The fourth-order valence-electron chi connectivity index (χ4n) is 2.00. The van der Waals surface area contributed by atoms with E-state index in [1.807, 2.05) is 20.8 Å².